The van der Waals surface area contributed by atoms with E-state index in [1.54, 1.807) is 7.11 Å². The number of benzene rings is 2. The lowest BCUT2D eigenvalue weighted by Gasteiger charge is -2.12. The number of amides is 1. The summed E-state index contributed by atoms with van der Waals surface area (Å²) >= 11 is 0. The van der Waals surface area contributed by atoms with E-state index in [1.165, 1.54) is 5.01 Å². The van der Waals surface area contributed by atoms with Gasteiger partial charge in [-0.05, 0) is 35.9 Å². The van der Waals surface area contributed by atoms with Gasteiger partial charge in [-0.3, -0.25) is 4.79 Å². The van der Waals surface area contributed by atoms with Crippen LogP contribution in [-0.4, -0.2) is 39.4 Å². The number of ether oxygens (including phenoxy) is 1. The van der Waals surface area contributed by atoms with Gasteiger partial charge in [0.2, 0.25) is 0 Å². The Morgan fingerprint density at radius 1 is 1.08 bits per heavy atom. The van der Waals surface area contributed by atoms with E-state index in [-0.39, 0.29) is 12.5 Å². The molecule has 2 aromatic rings. The van der Waals surface area contributed by atoms with Crippen molar-refractivity contribution in [3.63, 3.8) is 0 Å². The number of hydrogen-bond donors (Lipinski definition) is 0. The van der Waals surface area contributed by atoms with Crippen molar-refractivity contribution >= 4 is 29.1 Å². The number of rotatable bonds is 5. The summed E-state index contributed by atoms with van der Waals surface area (Å²) in [7, 11) is 5.59. The van der Waals surface area contributed by atoms with Crippen molar-refractivity contribution in [2.45, 2.75) is 0 Å². The molecule has 0 unspecified atom stereocenters. The predicted molar refractivity (Wildman–Crippen MR) is 102 cm³/mol. The van der Waals surface area contributed by atoms with Crippen molar-refractivity contribution in [2.24, 2.45) is 5.10 Å². The van der Waals surface area contributed by atoms with Crippen molar-refractivity contribution in [2.75, 3.05) is 37.7 Å². The molecule has 2 aromatic carbocycles. The normalized spacial score (nSPS) is 15.6. The predicted octanol–water partition coefficient (Wildman–Crippen LogP) is 3.19. The number of para-hydroxylation sites is 1. The van der Waals surface area contributed by atoms with E-state index in [9.17, 15) is 4.79 Å². The highest BCUT2D eigenvalue weighted by atomic mass is 16.5. The molecule has 1 aliphatic heterocycles. The first-order chi connectivity index (χ1) is 12.1. The molecule has 25 heavy (non-hydrogen) atoms. The molecule has 0 saturated carbocycles. The van der Waals surface area contributed by atoms with E-state index >= 15 is 0 Å². The molecular formula is C20H21N3O2. The zero-order chi connectivity index (χ0) is 17.8. The Morgan fingerprint density at radius 2 is 1.76 bits per heavy atom. The Kier molecular flexibility index (Phi) is 4.95. The SMILES string of the molecule is COCC1=NN(c2ccccc2)C(=O)C1=Cc1ccc(N(C)C)cc1. The highest BCUT2D eigenvalue weighted by Crippen LogP contribution is 2.25. The van der Waals surface area contributed by atoms with Crippen LogP contribution in [0.2, 0.25) is 0 Å². The number of carbonyl (C=O) groups is 1. The molecule has 5 nitrogen and oxygen atoms in total. The molecule has 3 rings (SSSR count). The van der Waals surface area contributed by atoms with Crippen LogP contribution in [0, 0.1) is 0 Å². The van der Waals surface area contributed by atoms with Crippen LogP contribution in [0.4, 0.5) is 11.4 Å². The van der Waals surface area contributed by atoms with Crippen LogP contribution >= 0.6 is 0 Å². The summed E-state index contributed by atoms with van der Waals surface area (Å²) in [4.78, 5) is 14.9. The van der Waals surface area contributed by atoms with Crippen LogP contribution in [-0.2, 0) is 9.53 Å². The molecule has 1 amide bonds. The molecule has 1 aliphatic rings. The molecule has 0 fully saturated rings. The van der Waals surface area contributed by atoms with E-state index in [2.05, 4.69) is 5.10 Å². The molecule has 128 valence electrons. The monoisotopic (exact) mass is 335 g/mol. The van der Waals surface area contributed by atoms with E-state index in [1.807, 2.05) is 79.7 Å². The number of hydrazone groups is 1. The summed E-state index contributed by atoms with van der Waals surface area (Å²) in [6, 6.07) is 17.4. The van der Waals surface area contributed by atoms with E-state index in [0.29, 0.717) is 11.3 Å². The molecule has 0 radical (unpaired) electrons. The zero-order valence-electron chi connectivity index (χ0n) is 14.6. The highest BCUT2D eigenvalue weighted by molar-refractivity contribution is 6.33. The van der Waals surface area contributed by atoms with Gasteiger partial charge in [-0.2, -0.15) is 10.1 Å². The fourth-order valence-corrected chi connectivity index (χ4v) is 2.63. The number of hydrogen-bond acceptors (Lipinski definition) is 4. The maximum atomic E-state index is 12.8. The third kappa shape index (κ3) is 3.61. The Morgan fingerprint density at radius 3 is 2.36 bits per heavy atom. The maximum Gasteiger partial charge on any atom is 0.280 e. The van der Waals surface area contributed by atoms with Gasteiger partial charge in [-0.25, -0.2) is 0 Å². The first-order valence-corrected chi connectivity index (χ1v) is 8.05. The summed E-state index contributed by atoms with van der Waals surface area (Å²) < 4.78 is 5.22. The minimum absolute atomic E-state index is 0.144. The Labute approximate surface area is 147 Å². The average molecular weight is 335 g/mol. The van der Waals surface area contributed by atoms with Crippen LogP contribution in [0.25, 0.3) is 6.08 Å². The summed E-state index contributed by atoms with van der Waals surface area (Å²) in [6.45, 7) is 0.288. The van der Waals surface area contributed by atoms with Gasteiger partial charge in [0.25, 0.3) is 5.91 Å². The zero-order valence-corrected chi connectivity index (χ0v) is 14.6. The van der Waals surface area contributed by atoms with Crippen LogP contribution < -0.4 is 9.91 Å². The van der Waals surface area contributed by atoms with Gasteiger partial charge in [-0.15, -0.1) is 0 Å². The highest BCUT2D eigenvalue weighted by Gasteiger charge is 2.30. The molecular weight excluding hydrogens is 314 g/mol. The van der Waals surface area contributed by atoms with Gasteiger partial charge in [0.15, 0.2) is 0 Å². The average Bonchev–Trinajstić information content (AvgIpc) is 2.93. The lowest BCUT2D eigenvalue weighted by molar-refractivity contribution is -0.114. The van der Waals surface area contributed by atoms with Crippen LogP contribution in [0.1, 0.15) is 5.56 Å². The maximum absolute atomic E-state index is 12.8. The third-order valence-electron chi connectivity index (χ3n) is 3.96. The van der Waals surface area contributed by atoms with E-state index in [4.69, 9.17) is 4.74 Å². The minimum Gasteiger partial charge on any atom is -0.378 e. The van der Waals surface area contributed by atoms with Crippen molar-refractivity contribution in [1.29, 1.82) is 0 Å². The van der Waals surface area contributed by atoms with Crippen molar-refractivity contribution in [3.05, 3.63) is 65.7 Å². The van der Waals surface area contributed by atoms with Gasteiger partial charge < -0.3 is 9.64 Å². The first kappa shape index (κ1) is 16.9. The van der Waals surface area contributed by atoms with Crippen LogP contribution in [0.5, 0.6) is 0 Å². The Bertz CT molecular complexity index is 809. The second kappa shape index (κ2) is 7.32. The Balaban J connectivity index is 1.94. The topological polar surface area (TPSA) is 45.1 Å². The fraction of sp³-hybridized carbons (Fsp3) is 0.200. The van der Waals surface area contributed by atoms with Crippen LogP contribution in [0.15, 0.2) is 65.3 Å². The van der Waals surface area contributed by atoms with Gasteiger partial charge in [0, 0.05) is 26.9 Å². The summed E-state index contributed by atoms with van der Waals surface area (Å²) in [5.74, 6) is -0.144. The lowest BCUT2D eigenvalue weighted by atomic mass is 10.1. The first-order valence-electron chi connectivity index (χ1n) is 8.05. The van der Waals surface area contributed by atoms with E-state index in [0.717, 1.165) is 16.9 Å². The van der Waals surface area contributed by atoms with Gasteiger partial charge >= 0.3 is 0 Å². The van der Waals surface area contributed by atoms with Gasteiger partial charge in [-0.1, -0.05) is 30.3 Å². The minimum atomic E-state index is -0.144. The van der Waals surface area contributed by atoms with Crippen molar-refractivity contribution in [3.8, 4) is 0 Å². The van der Waals surface area contributed by atoms with E-state index < -0.39 is 0 Å². The summed E-state index contributed by atoms with van der Waals surface area (Å²) in [5, 5.41) is 5.88. The largest absolute Gasteiger partial charge is 0.378 e. The quantitative estimate of drug-likeness (QED) is 0.788. The molecule has 1 heterocycles. The molecule has 0 saturated heterocycles. The molecule has 0 aromatic heterocycles. The molecule has 0 atom stereocenters. The molecule has 0 aliphatic carbocycles. The summed E-state index contributed by atoms with van der Waals surface area (Å²) in [6.07, 6.45) is 1.86. The molecule has 5 heteroatoms. The molecule has 0 bridgehead atoms. The van der Waals surface area contributed by atoms with Gasteiger partial charge in [0.1, 0.15) is 0 Å². The number of nitrogens with zero attached hydrogens (tertiary/aromatic N) is 3. The van der Waals surface area contributed by atoms with Crippen LogP contribution in [0.3, 0.4) is 0 Å². The second-order valence-corrected chi connectivity index (χ2v) is 5.98. The molecule has 0 N–H and O–H groups in total. The Hall–Kier alpha value is -2.92. The second-order valence-electron chi connectivity index (χ2n) is 5.98. The lowest BCUT2D eigenvalue weighted by Crippen LogP contribution is -2.21. The fourth-order valence-electron chi connectivity index (χ4n) is 2.63. The smallest absolute Gasteiger partial charge is 0.280 e. The number of anilines is 2. The number of carbonyl (C=O) groups excluding carboxylic acids is 1. The third-order valence-corrected chi connectivity index (χ3v) is 3.96. The molecule has 0 spiro atoms. The standard InChI is InChI=1S/C20H21N3O2/c1-22(2)16-11-9-15(10-12-16)13-18-19(14-25-3)21-23(20(18)24)17-7-5-4-6-8-17/h4-13H,14H2,1-3H3. The van der Waals surface area contributed by atoms with Crippen molar-refractivity contribution in [1.82, 2.24) is 0 Å². The number of methoxy groups -OCH3 is 1. The van der Waals surface area contributed by atoms with Gasteiger partial charge in [0.05, 0.1) is 23.6 Å². The summed E-state index contributed by atoms with van der Waals surface area (Å²) in [5.41, 5.74) is 3.99. The van der Waals surface area contributed by atoms with Crippen molar-refractivity contribution < 1.29 is 9.53 Å².